The third-order valence-electron chi connectivity index (χ3n) is 1.66. The van der Waals surface area contributed by atoms with Crippen LogP contribution in [0.1, 0.15) is 6.92 Å². The topological polar surface area (TPSA) is 98.7 Å². The summed E-state index contributed by atoms with van der Waals surface area (Å²) in [5, 5.41) is 22.2. The largest absolute Gasteiger partial charge is 0.394 e. The van der Waals surface area contributed by atoms with E-state index in [4.69, 9.17) is 10.2 Å². The molecule has 4 N–H and O–H groups in total. The highest BCUT2D eigenvalue weighted by atomic mass is 32.1. The lowest BCUT2D eigenvalue weighted by Gasteiger charge is -2.19. The van der Waals surface area contributed by atoms with Crippen LogP contribution in [-0.2, 0) is 9.59 Å². The Bertz CT molecular complexity index is 221. The molecule has 0 heterocycles. The van der Waals surface area contributed by atoms with Gasteiger partial charge < -0.3 is 20.8 Å². The molecule has 0 aliphatic heterocycles. The highest BCUT2D eigenvalue weighted by Crippen LogP contribution is 1.91. The van der Waals surface area contributed by atoms with Crippen molar-refractivity contribution in [2.24, 2.45) is 0 Å². The van der Waals surface area contributed by atoms with Gasteiger partial charge in [0.25, 0.3) is 0 Å². The van der Waals surface area contributed by atoms with Crippen molar-refractivity contribution in [1.82, 2.24) is 10.6 Å². The molecule has 0 aromatic carbocycles. The zero-order valence-electron chi connectivity index (χ0n) is 8.43. The predicted octanol–water partition coefficient (Wildman–Crippen LogP) is -2.11. The van der Waals surface area contributed by atoms with Crippen LogP contribution in [-0.4, -0.2) is 53.1 Å². The summed E-state index contributed by atoms with van der Waals surface area (Å²) in [4.78, 5) is 22.2. The Kier molecular flexibility index (Phi) is 7.10. The number of hydrogen-bond donors (Lipinski definition) is 5. The standard InChI is InChI=1S/C8H16N2O4S/c1-5(13)9-7(4-15)8(14)10-6(2-11)3-12/h6-7,11-12,15H,2-4H2,1H3,(H,9,13)(H,10,14). The molecular weight excluding hydrogens is 220 g/mol. The van der Waals surface area contributed by atoms with Crippen molar-refractivity contribution >= 4 is 24.4 Å². The van der Waals surface area contributed by atoms with Crippen LogP contribution in [0.15, 0.2) is 0 Å². The van der Waals surface area contributed by atoms with Crippen LogP contribution < -0.4 is 10.6 Å². The van der Waals surface area contributed by atoms with Crippen LogP contribution in [0.3, 0.4) is 0 Å². The number of carbonyl (C=O) groups is 2. The van der Waals surface area contributed by atoms with Gasteiger partial charge in [0.2, 0.25) is 11.8 Å². The number of hydrogen-bond acceptors (Lipinski definition) is 5. The quantitative estimate of drug-likeness (QED) is 0.341. The van der Waals surface area contributed by atoms with Gasteiger partial charge in [-0.3, -0.25) is 9.59 Å². The molecule has 7 heteroatoms. The second kappa shape index (κ2) is 7.49. The van der Waals surface area contributed by atoms with Gasteiger partial charge in [0.15, 0.2) is 0 Å². The second-order valence-corrected chi connectivity index (χ2v) is 3.37. The summed E-state index contributed by atoms with van der Waals surface area (Å²) in [7, 11) is 0. The number of nitrogens with one attached hydrogen (secondary N) is 2. The summed E-state index contributed by atoms with van der Waals surface area (Å²) >= 11 is 3.91. The average Bonchev–Trinajstić information content (AvgIpc) is 2.21. The van der Waals surface area contributed by atoms with Crippen molar-refractivity contribution in [3.63, 3.8) is 0 Å². The monoisotopic (exact) mass is 236 g/mol. The van der Waals surface area contributed by atoms with Crippen LogP contribution in [0.25, 0.3) is 0 Å². The Morgan fingerprint density at radius 1 is 1.27 bits per heavy atom. The molecule has 0 bridgehead atoms. The first-order chi connectivity index (χ1) is 7.04. The molecular formula is C8H16N2O4S. The van der Waals surface area contributed by atoms with E-state index in [0.29, 0.717) is 0 Å². The molecule has 0 radical (unpaired) electrons. The maximum atomic E-state index is 11.4. The van der Waals surface area contributed by atoms with Crippen LogP contribution in [0.5, 0.6) is 0 Å². The van der Waals surface area contributed by atoms with Crippen LogP contribution in [0.4, 0.5) is 0 Å². The fraction of sp³-hybridized carbons (Fsp3) is 0.750. The Hall–Kier alpha value is -0.790. The Balaban J connectivity index is 4.19. The van der Waals surface area contributed by atoms with Crippen LogP contribution >= 0.6 is 12.6 Å². The van der Waals surface area contributed by atoms with E-state index >= 15 is 0 Å². The molecule has 0 aliphatic carbocycles. The summed E-state index contributed by atoms with van der Waals surface area (Å²) in [5.74, 6) is -0.670. The van der Waals surface area contributed by atoms with Crippen molar-refractivity contribution in [2.75, 3.05) is 19.0 Å². The predicted molar refractivity (Wildman–Crippen MR) is 57.6 cm³/mol. The van der Waals surface area contributed by atoms with Gasteiger partial charge in [-0.2, -0.15) is 12.6 Å². The fourth-order valence-electron chi connectivity index (χ4n) is 0.890. The molecule has 88 valence electrons. The van der Waals surface area contributed by atoms with Gasteiger partial charge in [-0.25, -0.2) is 0 Å². The first-order valence-corrected chi connectivity index (χ1v) is 5.08. The van der Waals surface area contributed by atoms with E-state index in [1.807, 2.05) is 0 Å². The molecule has 1 atom stereocenters. The third kappa shape index (κ3) is 5.60. The molecule has 6 nitrogen and oxygen atoms in total. The number of aliphatic hydroxyl groups excluding tert-OH is 2. The number of amides is 2. The first kappa shape index (κ1) is 14.2. The third-order valence-corrected chi connectivity index (χ3v) is 2.03. The lowest BCUT2D eigenvalue weighted by atomic mass is 10.2. The Morgan fingerprint density at radius 3 is 2.13 bits per heavy atom. The second-order valence-electron chi connectivity index (χ2n) is 3.01. The van der Waals surface area contributed by atoms with E-state index in [2.05, 4.69) is 23.3 Å². The Morgan fingerprint density at radius 2 is 1.80 bits per heavy atom. The van der Waals surface area contributed by atoms with Gasteiger partial charge >= 0.3 is 0 Å². The van der Waals surface area contributed by atoms with Crippen molar-refractivity contribution < 1.29 is 19.8 Å². The number of thiol groups is 1. The molecule has 15 heavy (non-hydrogen) atoms. The smallest absolute Gasteiger partial charge is 0.243 e. The molecule has 0 rings (SSSR count). The molecule has 2 amide bonds. The zero-order chi connectivity index (χ0) is 11.8. The minimum atomic E-state index is -0.758. The van der Waals surface area contributed by atoms with Crippen molar-refractivity contribution in [2.45, 2.75) is 19.0 Å². The lowest BCUT2D eigenvalue weighted by molar-refractivity contribution is -0.128. The van der Waals surface area contributed by atoms with Gasteiger partial charge in [0, 0.05) is 12.7 Å². The molecule has 0 saturated heterocycles. The summed E-state index contributed by atoms with van der Waals surface area (Å²) in [6.45, 7) is 0.572. The normalized spacial score (nSPS) is 12.3. The van der Waals surface area contributed by atoms with Crippen molar-refractivity contribution in [3.05, 3.63) is 0 Å². The van der Waals surface area contributed by atoms with Gasteiger partial charge in [0.05, 0.1) is 19.3 Å². The van der Waals surface area contributed by atoms with E-state index in [0.717, 1.165) is 0 Å². The SMILES string of the molecule is CC(=O)NC(CS)C(=O)NC(CO)CO. The summed E-state index contributed by atoms with van der Waals surface area (Å²) in [5.41, 5.74) is 0. The lowest BCUT2D eigenvalue weighted by Crippen LogP contribution is -2.51. The van der Waals surface area contributed by atoms with Crippen molar-refractivity contribution in [1.29, 1.82) is 0 Å². The molecule has 0 fully saturated rings. The Labute approximate surface area is 93.5 Å². The van der Waals surface area contributed by atoms with Crippen LogP contribution in [0, 0.1) is 0 Å². The first-order valence-electron chi connectivity index (χ1n) is 4.45. The van der Waals surface area contributed by atoms with E-state index in [1.165, 1.54) is 6.92 Å². The van der Waals surface area contributed by atoms with E-state index in [9.17, 15) is 9.59 Å². The zero-order valence-corrected chi connectivity index (χ0v) is 9.33. The molecule has 0 aromatic heterocycles. The molecule has 1 unspecified atom stereocenters. The van der Waals surface area contributed by atoms with E-state index in [1.54, 1.807) is 0 Å². The molecule has 0 aromatic rings. The van der Waals surface area contributed by atoms with Gasteiger partial charge in [-0.15, -0.1) is 0 Å². The summed E-state index contributed by atoms with van der Waals surface area (Å²) in [6.07, 6.45) is 0. The fourth-order valence-corrected chi connectivity index (χ4v) is 1.15. The maximum Gasteiger partial charge on any atom is 0.243 e. The molecule has 0 saturated carbocycles. The number of rotatable bonds is 6. The minimum Gasteiger partial charge on any atom is -0.394 e. The van der Waals surface area contributed by atoms with Gasteiger partial charge in [-0.05, 0) is 0 Å². The minimum absolute atomic E-state index is 0.148. The van der Waals surface area contributed by atoms with Crippen LogP contribution in [0.2, 0.25) is 0 Å². The van der Waals surface area contributed by atoms with E-state index < -0.39 is 18.0 Å². The number of aliphatic hydroxyl groups is 2. The summed E-state index contributed by atoms with van der Waals surface area (Å²) in [6, 6.07) is -1.47. The summed E-state index contributed by atoms with van der Waals surface area (Å²) < 4.78 is 0. The van der Waals surface area contributed by atoms with Gasteiger partial charge in [-0.1, -0.05) is 0 Å². The molecule has 0 spiro atoms. The highest BCUT2D eigenvalue weighted by Gasteiger charge is 2.20. The maximum absolute atomic E-state index is 11.4. The average molecular weight is 236 g/mol. The van der Waals surface area contributed by atoms with Gasteiger partial charge in [0.1, 0.15) is 6.04 Å². The number of carbonyl (C=O) groups excluding carboxylic acids is 2. The highest BCUT2D eigenvalue weighted by molar-refractivity contribution is 7.80. The van der Waals surface area contributed by atoms with Crippen molar-refractivity contribution in [3.8, 4) is 0 Å². The molecule has 0 aliphatic rings. The van der Waals surface area contributed by atoms with E-state index in [-0.39, 0.29) is 24.9 Å².